The molecule has 0 aliphatic heterocycles. The maximum atomic E-state index is 5.97. The Bertz CT molecular complexity index is 336. The lowest BCUT2D eigenvalue weighted by atomic mass is 9.87. The smallest absolute Gasteiger partial charge is 0.0429 e. The van der Waals surface area contributed by atoms with Gasteiger partial charge in [0, 0.05) is 16.8 Å². The van der Waals surface area contributed by atoms with Crippen LogP contribution in [0.2, 0.25) is 5.02 Å². The Morgan fingerprint density at radius 2 is 2.15 bits per heavy atom. The maximum absolute atomic E-state index is 5.97. The van der Waals surface area contributed by atoms with Gasteiger partial charge in [0.25, 0.3) is 0 Å². The van der Waals surface area contributed by atoms with Gasteiger partial charge in [0.15, 0.2) is 0 Å². The van der Waals surface area contributed by atoms with Crippen LogP contribution < -0.4 is 11.5 Å². The largest absolute Gasteiger partial charge is 0.398 e. The number of fused-ring (bicyclic) bond motifs is 1. The van der Waals surface area contributed by atoms with Crippen molar-refractivity contribution in [2.45, 2.75) is 25.3 Å². The third-order valence-corrected chi connectivity index (χ3v) is 2.84. The van der Waals surface area contributed by atoms with Gasteiger partial charge in [0.05, 0.1) is 0 Å². The van der Waals surface area contributed by atoms with Gasteiger partial charge < -0.3 is 11.5 Å². The molecule has 0 heterocycles. The highest BCUT2D eigenvalue weighted by molar-refractivity contribution is 6.31. The number of anilines is 1. The van der Waals surface area contributed by atoms with Gasteiger partial charge in [-0.15, -0.1) is 0 Å². The van der Waals surface area contributed by atoms with Gasteiger partial charge in [-0.05, 0) is 42.5 Å². The molecule has 2 rings (SSSR count). The standard InChI is InChI=1S/C10H13ClN2/c11-6-4-8-7(10(13)5-6)2-1-3-9(8)12/h4-5,9H,1-3,12-13H2/t9-/m0/s1. The molecule has 4 N–H and O–H groups in total. The summed E-state index contributed by atoms with van der Waals surface area (Å²) in [5.41, 5.74) is 15.0. The molecule has 3 heteroatoms. The van der Waals surface area contributed by atoms with Crippen molar-refractivity contribution in [3.05, 3.63) is 28.3 Å². The quantitative estimate of drug-likeness (QED) is 0.626. The van der Waals surface area contributed by atoms with Crippen LogP contribution in [0, 0.1) is 0 Å². The van der Waals surface area contributed by atoms with Crippen molar-refractivity contribution in [3.8, 4) is 0 Å². The Morgan fingerprint density at radius 1 is 1.38 bits per heavy atom. The molecule has 0 aromatic heterocycles. The van der Waals surface area contributed by atoms with Crippen molar-refractivity contribution in [1.29, 1.82) is 0 Å². The van der Waals surface area contributed by atoms with Crippen molar-refractivity contribution in [1.82, 2.24) is 0 Å². The summed E-state index contributed by atoms with van der Waals surface area (Å²) in [5, 5.41) is 0.689. The third-order valence-electron chi connectivity index (χ3n) is 2.63. The van der Waals surface area contributed by atoms with E-state index < -0.39 is 0 Å². The molecule has 1 aliphatic carbocycles. The minimum absolute atomic E-state index is 0.116. The Labute approximate surface area is 82.9 Å². The molecule has 13 heavy (non-hydrogen) atoms. The molecule has 1 aliphatic rings. The molecule has 70 valence electrons. The topological polar surface area (TPSA) is 52.0 Å². The first-order valence-corrected chi connectivity index (χ1v) is 4.89. The van der Waals surface area contributed by atoms with Crippen molar-refractivity contribution in [2.24, 2.45) is 5.73 Å². The van der Waals surface area contributed by atoms with Gasteiger partial charge in [-0.1, -0.05) is 11.6 Å². The van der Waals surface area contributed by atoms with Gasteiger partial charge in [-0.3, -0.25) is 0 Å². The summed E-state index contributed by atoms with van der Waals surface area (Å²) in [6.45, 7) is 0. The van der Waals surface area contributed by atoms with Crippen LogP contribution in [0.25, 0.3) is 0 Å². The van der Waals surface area contributed by atoms with E-state index in [0.29, 0.717) is 5.02 Å². The van der Waals surface area contributed by atoms with E-state index >= 15 is 0 Å². The van der Waals surface area contributed by atoms with E-state index in [-0.39, 0.29) is 6.04 Å². The zero-order valence-corrected chi connectivity index (χ0v) is 8.14. The van der Waals surface area contributed by atoms with Crippen molar-refractivity contribution in [2.75, 3.05) is 5.73 Å². The first kappa shape index (κ1) is 8.85. The van der Waals surface area contributed by atoms with E-state index in [2.05, 4.69) is 0 Å². The summed E-state index contributed by atoms with van der Waals surface area (Å²) < 4.78 is 0. The molecule has 0 fully saturated rings. The molecular formula is C10H13ClN2. The fourth-order valence-electron chi connectivity index (χ4n) is 1.95. The SMILES string of the molecule is Nc1cc(Cl)cc2c1CCC[C@@H]2N. The minimum Gasteiger partial charge on any atom is -0.398 e. The predicted molar refractivity (Wildman–Crippen MR) is 55.7 cm³/mol. The van der Waals surface area contributed by atoms with Crippen LogP contribution in [-0.2, 0) is 6.42 Å². The number of nitrogens with two attached hydrogens (primary N) is 2. The molecule has 0 unspecified atom stereocenters. The lowest BCUT2D eigenvalue weighted by molar-refractivity contribution is 0.571. The maximum Gasteiger partial charge on any atom is 0.0429 e. The highest BCUT2D eigenvalue weighted by atomic mass is 35.5. The molecule has 0 amide bonds. The lowest BCUT2D eigenvalue weighted by Gasteiger charge is -2.23. The molecule has 2 nitrogen and oxygen atoms in total. The number of benzene rings is 1. The van der Waals surface area contributed by atoms with Crippen LogP contribution in [0.3, 0.4) is 0 Å². The average molecular weight is 197 g/mol. The van der Waals surface area contributed by atoms with E-state index in [1.807, 2.05) is 6.07 Å². The van der Waals surface area contributed by atoms with Crippen LogP contribution >= 0.6 is 11.6 Å². The monoisotopic (exact) mass is 196 g/mol. The van der Waals surface area contributed by atoms with E-state index in [0.717, 1.165) is 30.5 Å². The summed E-state index contributed by atoms with van der Waals surface area (Å²) in [6, 6.07) is 3.86. The average Bonchev–Trinajstić information content (AvgIpc) is 2.07. The summed E-state index contributed by atoms with van der Waals surface area (Å²) >= 11 is 5.91. The second-order valence-electron chi connectivity index (χ2n) is 3.56. The van der Waals surface area contributed by atoms with E-state index in [1.54, 1.807) is 6.07 Å². The second-order valence-corrected chi connectivity index (χ2v) is 4.00. The fourth-order valence-corrected chi connectivity index (χ4v) is 2.19. The van der Waals surface area contributed by atoms with Crippen molar-refractivity contribution >= 4 is 17.3 Å². The van der Waals surface area contributed by atoms with Crippen LogP contribution in [0.15, 0.2) is 12.1 Å². The first-order chi connectivity index (χ1) is 6.18. The highest BCUT2D eigenvalue weighted by Crippen LogP contribution is 2.33. The summed E-state index contributed by atoms with van der Waals surface area (Å²) in [4.78, 5) is 0. The number of nitrogen functional groups attached to an aromatic ring is 1. The summed E-state index contributed by atoms with van der Waals surface area (Å²) in [6.07, 6.45) is 3.19. The molecule has 0 radical (unpaired) electrons. The number of hydrogen-bond donors (Lipinski definition) is 2. The summed E-state index contributed by atoms with van der Waals surface area (Å²) in [5.74, 6) is 0. The fraction of sp³-hybridized carbons (Fsp3) is 0.400. The minimum atomic E-state index is 0.116. The number of halogens is 1. The molecule has 0 saturated heterocycles. The van der Waals surface area contributed by atoms with Gasteiger partial charge in [0.2, 0.25) is 0 Å². The molecule has 1 aromatic rings. The van der Waals surface area contributed by atoms with Crippen LogP contribution in [0.1, 0.15) is 30.0 Å². The van der Waals surface area contributed by atoms with Gasteiger partial charge in [-0.25, -0.2) is 0 Å². The third kappa shape index (κ3) is 1.52. The Kier molecular flexibility index (Phi) is 2.18. The van der Waals surface area contributed by atoms with Crippen molar-refractivity contribution in [3.63, 3.8) is 0 Å². The number of rotatable bonds is 0. The zero-order valence-electron chi connectivity index (χ0n) is 7.39. The zero-order chi connectivity index (χ0) is 9.42. The van der Waals surface area contributed by atoms with Crippen LogP contribution in [0.4, 0.5) is 5.69 Å². The molecular weight excluding hydrogens is 184 g/mol. The van der Waals surface area contributed by atoms with Gasteiger partial charge >= 0.3 is 0 Å². The molecule has 1 atom stereocenters. The van der Waals surface area contributed by atoms with Crippen LogP contribution in [0.5, 0.6) is 0 Å². The Morgan fingerprint density at radius 3 is 2.92 bits per heavy atom. The highest BCUT2D eigenvalue weighted by Gasteiger charge is 2.18. The van der Waals surface area contributed by atoms with Gasteiger partial charge in [-0.2, -0.15) is 0 Å². The Hall–Kier alpha value is -0.730. The van der Waals surface area contributed by atoms with E-state index in [4.69, 9.17) is 23.1 Å². The normalized spacial score (nSPS) is 21.2. The first-order valence-electron chi connectivity index (χ1n) is 4.52. The van der Waals surface area contributed by atoms with Gasteiger partial charge in [0.1, 0.15) is 0 Å². The second kappa shape index (κ2) is 3.20. The van der Waals surface area contributed by atoms with E-state index in [9.17, 15) is 0 Å². The summed E-state index contributed by atoms with van der Waals surface area (Å²) in [7, 11) is 0. The van der Waals surface area contributed by atoms with Crippen molar-refractivity contribution < 1.29 is 0 Å². The molecule has 1 aromatic carbocycles. The predicted octanol–water partition coefficient (Wildman–Crippen LogP) is 2.26. The number of hydrogen-bond acceptors (Lipinski definition) is 2. The van der Waals surface area contributed by atoms with E-state index in [1.165, 1.54) is 5.56 Å². The molecule has 0 saturated carbocycles. The lowest BCUT2D eigenvalue weighted by Crippen LogP contribution is -2.18. The molecule has 0 bridgehead atoms. The van der Waals surface area contributed by atoms with Crippen LogP contribution in [-0.4, -0.2) is 0 Å². The Balaban J connectivity index is 2.56. The molecule has 0 spiro atoms.